The monoisotopic (exact) mass is 477 g/mol. The summed E-state index contributed by atoms with van der Waals surface area (Å²) in [6.45, 7) is 0.194. The number of rotatable bonds is 5. The molecule has 0 aromatic heterocycles. The SMILES string of the molecule is N#CC1=C(N)Oc2cc3c(cc2[C@@H]1c1ccc(OCc2cccc([N+](=O)[O-])c2)c(Cl)c1)OCO3. The number of nitro benzene ring substituents is 1. The molecular formula is C24H16ClN3O6. The van der Waals surface area contributed by atoms with Crippen LogP contribution in [0, 0.1) is 21.4 Å². The normalized spacial score (nSPS) is 15.8. The fourth-order valence-corrected chi connectivity index (χ4v) is 4.17. The fourth-order valence-electron chi connectivity index (χ4n) is 3.92. The lowest BCUT2D eigenvalue weighted by Gasteiger charge is -2.27. The molecule has 5 rings (SSSR count). The van der Waals surface area contributed by atoms with Gasteiger partial charge in [-0.15, -0.1) is 0 Å². The number of nitro groups is 1. The number of ether oxygens (including phenoxy) is 4. The molecule has 2 N–H and O–H groups in total. The highest BCUT2D eigenvalue weighted by Gasteiger charge is 2.33. The van der Waals surface area contributed by atoms with Crippen molar-refractivity contribution < 1.29 is 23.9 Å². The van der Waals surface area contributed by atoms with Crippen LogP contribution in [0.4, 0.5) is 5.69 Å². The van der Waals surface area contributed by atoms with E-state index in [0.717, 1.165) is 0 Å². The molecule has 0 spiro atoms. The van der Waals surface area contributed by atoms with Gasteiger partial charge in [-0.05, 0) is 29.3 Å². The highest BCUT2D eigenvalue weighted by atomic mass is 35.5. The van der Waals surface area contributed by atoms with Gasteiger partial charge >= 0.3 is 0 Å². The minimum absolute atomic E-state index is 0.000913. The zero-order valence-electron chi connectivity index (χ0n) is 17.5. The molecule has 0 amide bonds. The topological polar surface area (TPSA) is 130 Å². The highest BCUT2D eigenvalue weighted by molar-refractivity contribution is 6.32. The maximum absolute atomic E-state index is 11.0. The van der Waals surface area contributed by atoms with E-state index in [1.807, 2.05) is 0 Å². The second-order valence-electron chi connectivity index (χ2n) is 7.57. The summed E-state index contributed by atoms with van der Waals surface area (Å²) in [5, 5.41) is 21.1. The quantitative estimate of drug-likeness (QED) is 0.410. The van der Waals surface area contributed by atoms with Gasteiger partial charge in [-0.25, -0.2) is 0 Å². The van der Waals surface area contributed by atoms with Crippen molar-refractivity contribution in [2.45, 2.75) is 12.5 Å². The van der Waals surface area contributed by atoms with Crippen molar-refractivity contribution in [3.05, 3.63) is 97.9 Å². The van der Waals surface area contributed by atoms with Gasteiger partial charge in [-0.1, -0.05) is 29.8 Å². The van der Waals surface area contributed by atoms with Gasteiger partial charge in [0.25, 0.3) is 5.69 Å². The van der Waals surface area contributed by atoms with Crippen LogP contribution in [0.3, 0.4) is 0 Å². The Morgan fingerprint density at radius 2 is 1.94 bits per heavy atom. The number of halogens is 1. The fraction of sp³-hybridized carbons (Fsp3) is 0.125. The minimum atomic E-state index is -0.536. The predicted molar refractivity (Wildman–Crippen MR) is 121 cm³/mol. The van der Waals surface area contributed by atoms with Gasteiger partial charge in [0, 0.05) is 23.8 Å². The van der Waals surface area contributed by atoms with Crippen LogP contribution in [-0.2, 0) is 6.61 Å². The third kappa shape index (κ3) is 3.80. The van der Waals surface area contributed by atoms with Gasteiger partial charge in [0.1, 0.15) is 29.7 Å². The van der Waals surface area contributed by atoms with Crippen molar-refractivity contribution >= 4 is 17.3 Å². The summed E-state index contributed by atoms with van der Waals surface area (Å²) < 4.78 is 22.4. The van der Waals surface area contributed by atoms with Crippen LogP contribution in [0.1, 0.15) is 22.6 Å². The van der Waals surface area contributed by atoms with E-state index in [-0.39, 0.29) is 30.5 Å². The zero-order valence-corrected chi connectivity index (χ0v) is 18.2. The molecule has 0 fully saturated rings. The predicted octanol–water partition coefficient (Wildman–Crippen LogP) is 4.77. The number of hydrogen-bond acceptors (Lipinski definition) is 8. The van der Waals surface area contributed by atoms with E-state index >= 15 is 0 Å². The van der Waals surface area contributed by atoms with E-state index in [4.69, 9.17) is 36.3 Å². The van der Waals surface area contributed by atoms with Gasteiger partial charge in [0.05, 0.1) is 15.9 Å². The van der Waals surface area contributed by atoms with E-state index in [1.165, 1.54) is 12.1 Å². The molecule has 2 aliphatic rings. The molecule has 0 saturated heterocycles. The van der Waals surface area contributed by atoms with E-state index in [0.29, 0.717) is 44.7 Å². The molecule has 0 radical (unpaired) electrons. The van der Waals surface area contributed by atoms with Crippen molar-refractivity contribution in [2.24, 2.45) is 5.73 Å². The summed E-state index contributed by atoms with van der Waals surface area (Å²) in [6.07, 6.45) is 0. The largest absolute Gasteiger partial charge is 0.487 e. The van der Waals surface area contributed by atoms with Crippen LogP contribution < -0.4 is 24.7 Å². The molecule has 3 aromatic rings. The maximum atomic E-state index is 11.0. The van der Waals surface area contributed by atoms with Crippen LogP contribution >= 0.6 is 11.6 Å². The molecule has 0 unspecified atom stereocenters. The third-order valence-corrected chi connectivity index (χ3v) is 5.81. The number of allylic oxidation sites excluding steroid dienone is 1. The first-order valence-corrected chi connectivity index (χ1v) is 10.5. The van der Waals surface area contributed by atoms with Crippen LogP contribution in [-0.4, -0.2) is 11.7 Å². The van der Waals surface area contributed by atoms with Gasteiger partial charge in [-0.3, -0.25) is 10.1 Å². The Morgan fingerprint density at radius 3 is 2.68 bits per heavy atom. The summed E-state index contributed by atoms with van der Waals surface area (Å²) >= 11 is 6.51. The molecular weight excluding hydrogens is 462 g/mol. The van der Waals surface area contributed by atoms with Gasteiger partial charge < -0.3 is 24.7 Å². The lowest BCUT2D eigenvalue weighted by molar-refractivity contribution is -0.384. The Morgan fingerprint density at radius 1 is 1.15 bits per heavy atom. The average Bonchev–Trinajstić information content (AvgIpc) is 3.28. The summed E-state index contributed by atoms with van der Waals surface area (Å²) in [5.41, 5.74) is 8.30. The third-order valence-electron chi connectivity index (χ3n) is 5.52. The van der Waals surface area contributed by atoms with Crippen molar-refractivity contribution in [3.63, 3.8) is 0 Å². The van der Waals surface area contributed by atoms with Crippen LogP contribution in [0.15, 0.2) is 66.1 Å². The number of hydrogen-bond donors (Lipinski definition) is 1. The molecule has 0 saturated carbocycles. The molecule has 0 bridgehead atoms. The smallest absolute Gasteiger partial charge is 0.269 e. The van der Waals surface area contributed by atoms with Crippen molar-refractivity contribution in [2.75, 3.05) is 6.79 Å². The van der Waals surface area contributed by atoms with Crippen LogP contribution in [0.5, 0.6) is 23.0 Å². The molecule has 34 heavy (non-hydrogen) atoms. The Kier molecular flexibility index (Phi) is 5.36. The highest BCUT2D eigenvalue weighted by Crippen LogP contribution is 2.48. The molecule has 10 heteroatoms. The number of nitrogens with two attached hydrogens (primary N) is 1. The lowest BCUT2D eigenvalue weighted by atomic mass is 9.83. The Labute approximate surface area is 198 Å². The van der Waals surface area contributed by atoms with Gasteiger partial charge in [0.2, 0.25) is 12.7 Å². The van der Waals surface area contributed by atoms with Crippen molar-refractivity contribution in [1.82, 2.24) is 0 Å². The summed E-state index contributed by atoms with van der Waals surface area (Å²) in [5.74, 6) is 1.41. The summed E-state index contributed by atoms with van der Waals surface area (Å²) in [7, 11) is 0. The number of benzene rings is 3. The van der Waals surface area contributed by atoms with E-state index < -0.39 is 10.8 Å². The maximum Gasteiger partial charge on any atom is 0.269 e. The minimum Gasteiger partial charge on any atom is -0.487 e. The summed E-state index contributed by atoms with van der Waals surface area (Å²) in [4.78, 5) is 10.5. The number of fused-ring (bicyclic) bond motifs is 2. The standard InChI is InChI=1S/C24H16ClN3O6/c25-18-7-14(4-5-19(18)31-11-13-2-1-3-15(6-13)28(29)30)23-16-8-21-22(33-12-32-21)9-20(16)34-24(27)17(23)10-26/h1-9,23H,11-12,27H2/t23-/m0/s1. The lowest BCUT2D eigenvalue weighted by Crippen LogP contribution is -2.21. The number of nitriles is 1. The van der Waals surface area contributed by atoms with Crippen LogP contribution in [0.2, 0.25) is 5.02 Å². The first kappa shape index (κ1) is 21.4. The van der Waals surface area contributed by atoms with Gasteiger partial charge in [0.15, 0.2) is 11.5 Å². The average molecular weight is 478 g/mol. The molecule has 9 nitrogen and oxygen atoms in total. The summed E-state index contributed by atoms with van der Waals surface area (Å²) in [6, 6.07) is 16.9. The van der Waals surface area contributed by atoms with Crippen molar-refractivity contribution in [1.29, 1.82) is 5.26 Å². The molecule has 3 aromatic carbocycles. The molecule has 170 valence electrons. The van der Waals surface area contributed by atoms with Gasteiger partial charge in [-0.2, -0.15) is 5.26 Å². The second-order valence-corrected chi connectivity index (χ2v) is 7.98. The van der Waals surface area contributed by atoms with E-state index in [1.54, 1.807) is 42.5 Å². The number of non-ortho nitro benzene ring substituents is 1. The molecule has 1 atom stereocenters. The molecule has 0 aliphatic carbocycles. The van der Waals surface area contributed by atoms with Crippen LogP contribution in [0.25, 0.3) is 0 Å². The van der Waals surface area contributed by atoms with E-state index in [9.17, 15) is 15.4 Å². The van der Waals surface area contributed by atoms with E-state index in [2.05, 4.69) is 6.07 Å². The first-order chi connectivity index (χ1) is 16.4. The van der Waals surface area contributed by atoms with Crippen molar-refractivity contribution in [3.8, 4) is 29.1 Å². The second kappa shape index (κ2) is 8.50. The Hall–Kier alpha value is -4.42. The zero-order chi connectivity index (χ0) is 23.8. The number of nitrogens with zero attached hydrogens (tertiary/aromatic N) is 2. The molecule has 2 heterocycles. The Balaban J connectivity index is 1.45. The Bertz CT molecular complexity index is 1400. The molecule has 2 aliphatic heterocycles. The first-order valence-electron chi connectivity index (χ1n) is 10.1.